The fourth-order valence-corrected chi connectivity index (χ4v) is 2.87. The Morgan fingerprint density at radius 3 is 2.79 bits per heavy atom. The second-order valence-electron chi connectivity index (χ2n) is 4.86. The van der Waals surface area contributed by atoms with Gasteiger partial charge < -0.3 is 14.8 Å². The van der Waals surface area contributed by atoms with Crippen LogP contribution < -0.4 is 10.1 Å². The lowest BCUT2D eigenvalue weighted by atomic mass is 10.2. The molecule has 5 heteroatoms. The van der Waals surface area contributed by atoms with Gasteiger partial charge in [-0.1, -0.05) is 23.2 Å². The van der Waals surface area contributed by atoms with Gasteiger partial charge in [-0.15, -0.1) is 0 Å². The number of ether oxygens (including phenoxy) is 2. The van der Waals surface area contributed by atoms with Gasteiger partial charge in [0.25, 0.3) is 0 Å². The van der Waals surface area contributed by atoms with E-state index in [1.807, 2.05) is 13.1 Å². The molecule has 0 radical (unpaired) electrons. The average molecular weight is 304 g/mol. The average Bonchev–Trinajstić information content (AvgIpc) is 2.74. The SMILES string of the molecule is CNCc1cc(Cl)cc(Cl)c1OCC1CCC(C)O1. The summed E-state index contributed by atoms with van der Waals surface area (Å²) < 4.78 is 11.6. The van der Waals surface area contributed by atoms with Gasteiger partial charge in [-0.2, -0.15) is 0 Å². The third-order valence-corrected chi connectivity index (χ3v) is 3.68. The molecule has 1 aromatic carbocycles. The van der Waals surface area contributed by atoms with Gasteiger partial charge in [-0.3, -0.25) is 0 Å². The molecule has 0 amide bonds. The molecule has 0 bridgehead atoms. The van der Waals surface area contributed by atoms with Gasteiger partial charge in [-0.25, -0.2) is 0 Å². The molecule has 0 aromatic heterocycles. The van der Waals surface area contributed by atoms with Crippen LogP contribution in [0.2, 0.25) is 10.0 Å². The van der Waals surface area contributed by atoms with Gasteiger partial charge in [-0.05, 0) is 38.9 Å². The molecule has 2 rings (SSSR count). The fourth-order valence-electron chi connectivity index (χ4n) is 2.28. The molecule has 1 aliphatic heterocycles. The maximum Gasteiger partial charge on any atom is 0.142 e. The highest BCUT2D eigenvalue weighted by Gasteiger charge is 2.23. The van der Waals surface area contributed by atoms with Crippen molar-refractivity contribution in [2.24, 2.45) is 0 Å². The summed E-state index contributed by atoms with van der Waals surface area (Å²) >= 11 is 12.2. The number of benzene rings is 1. The Hall–Kier alpha value is -0.480. The fraction of sp³-hybridized carbons (Fsp3) is 0.571. The zero-order valence-electron chi connectivity index (χ0n) is 11.2. The molecule has 1 aliphatic rings. The van der Waals surface area contributed by atoms with E-state index >= 15 is 0 Å². The number of hydrogen-bond donors (Lipinski definition) is 1. The second-order valence-corrected chi connectivity index (χ2v) is 5.71. The lowest BCUT2D eigenvalue weighted by Crippen LogP contribution is -2.19. The third kappa shape index (κ3) is 3.99. The van der Waals surface area contributed by atoms with E-state index in [1.165, 1.54) is 0 Å². The minimum atomic E-state index is 0.157. The van der Waals surface area contributed by atoms with Gasteiger partial charge in [0.05, 0.1) is 17.2 Å². The van der Waals surface area contributed by atoms with Gasteiger partial charge >= 0.3 is 0 Å². The predicted molar refractivity (Wildman–Crippen MR) is 78.3 cm³/mol. The highest BCUT2D eigenvalue weighted by molar-refractivity contribution is 6.35. The minimum Gasteiger partial charge on any atom is -0.489 e. The van der Waals surface area contributed by atoms with Gasteiger partial charge in [0.15, 0.2) is 0 Å². The summed E-state index contributed by atoms with van der Waals surface area (Å²) in [6, 6.07) is 3.58. The van der Waals surface area contributed by atoms with E-state index in [0.29, 0.717) is 35.1 Å². The maximum absolute atomic E-state index is 6.21. The lowest BCUT2D eigenvalue weighted by Gasteiger charge is -2.17. The summed E-state index contributed by atoms with van der Waals surface area (Å²) in [4.78, 5) is 0. The summed E-state index contributed by atoms with van der Waals surface area (Å²) in [5.41, 5.74) is 0.964. The molecule has 0 aliphatic carbocycles. The standard InChI is InChI=1S/C14H19Cl2NO2/c1-9-3-4-12(19-9)8-18-14-10(7-17-2)5-11(15)6-13(14)16/h5-6,9,12,17H,3-4,7-8H2,1-2H3. The molecule has 1 heterocycles. The van der Waals surface area contributed by atoms with E-state index in [-0.39, 0.29) is 6.10 Å². The summed E-state index contributed by atoms with van der Waals surface area (Å²) in [7, 11) is 1.88. The molecule has 2 atom stereocenters. The van der Waals surface area contributed by atoms with Gasteiger partial charge in [0.1, 0.15) is 12.4 Å². The van der Waals surface area contributed by atoms with E-state index in [4.69, 9.17) is 32.7 Å². The van der Waals surface area contributed by atoms with Crippen molar-refractivity contribution in [2.75, 3.05) is 13.7 Å². The Balaban J connectivity index is 2.05. The van der Waals surface area contributed by atoms with Crippen LogP contribution in [-0.2, 0) is 11.3 Å². The first-order valence-electron chi connectivity index (χ1n) is 6.51. The van der Waals surface area contributed by atoms with Crippen LogP contribution in [-0.4, -0.2) is 25.9 Å². The van der Waals surface area contributed by atoms with E-state index in [9.17, 15) is 0 Å². The van der Waals surface area contributed by atoms with E-state index < -0.39 is 0 Å². The van der Waals surface area contributed by atoms with Crippen molar-refractivity contribution in [3.05, 3.63) is 27.7 Å². The lowest BCUT2D eigenvalue weighted by molar-refractivity contribution is 0.0262. The maximum atomic E-state index is 6.21. The highest BCUT2D eigenvalue weighted by atomic mass is 35.5. The summed E-state index contributed by atoms with van der Waals surface area (Å²) in [5.74, 6) is 0.698. The van der Waals surface area contributed by atoms with Gasteiger partial charge in [0, 0.05) is 17.1 Å². The molecule has 1 fully saturated rings. The summed E-state index contributed by atoms with van der Waals surface area (Å²) in [5, 5.41) is 4.25. The summed E-state index contributed by atoms with van der Waals surface area (Å²) in [6.07, 6.45) is 2.61. The van der Waals surface area contributed by atoms with Crippen molar-refractivity contribution >= 4 is 23.2 Å². The van der Waals surface area contributed by atoms with E-state index in [1.54, 1.807) is 6.07 Å². The normalized spacial score (nSPS) is 22.7. The monoisotopic (exact) mass is 303 g/mol. The molecular formula is C14H19Cl2NO2. The Morgan fingerprint density at radius 1 is 1.37 bits per heavy atom. The molecule has 0 spiro atoms. The first kappa shape index (κ1) is 14.9. The zero-order chi connectivity index (χ0) is 13.8. The topological polar surface area (TPSA) is 30.5 Å². The van der Waals surface area contributed by atoms with Crippen LogP contribution in [0.4, 0.5) is 0 Å². The molecular weight excluding hydrogens is 285 g/mol. The third-order valence-electron chi connectivity index (χ3n) is 3.19. The van der Waals surface area contributed by atoms with Crippen molar-refractivity contribution in [1.29, 1.82) is 0 Å². The van der Waals surface area contributed by atoms with Crippen molar-refractivity contribution in [2.45, 2.75) is 38.5 Å². The molecule has 1 aromatic rings. The molecule has 106 valence electrons. The predicted octanol–water partition coefficient (Wildman–Crippen LogP) is 3.66. The second kappa shape index (κ2) is 6.80. The molecule has 3 nitrogen and oxygen atoms in total. The van der Waals surface area contributed by atoms with Gasteiger partial charge in [0.2, 0.25) is 0 Å². The van der Waals surface area contributed by atoms with Crippen LogP contribution in [0.3, 0.4) is 0 Å². The zero-order valence-corrected chi connectivity index (χ0v) is 12.7. The quantitative estimate of drug-likeness (QED) is 0.900. The minimum absolute atomic E-state index is 0.157. The van der Waals surface area contributed by atoms with Crippen molar-refractivity contribution < 1.29 is 9.47 Å². The van der Waals surface area contributed by atoms with E-state index in [0.717, 1.165) is 18.4 Å². The van der Waals surface area contributed by atoms with Crippen LogP contribution in [0.15, 0.2) is 12.1 Å². The first-order chi connectivity index (χ1) is 9.10. The van der Waals surface area contributed by atoms with Crippen LogP contribution >= 0.6 is 23.2 Å². The Bertz CT molecular complexity index is 440. The number of nitrogens with one attached hydrogen (secondary N) is 1. The first-order valence-corrected chi connectivity index (χ1v) is 7.26. The van der Waals surface area contributed by atoms with Crippen molar-refractivity contribution in [1.82, 2.24) is 5.32 Å². The Labute approximate surface area is 124 Å². The van der Waals surface area contributed by atoms with Crippen LogP contribution in [0, 0.1) is 0 Å². The number of rotatable bonds is 5. The van der Waals surface area contributed by atoms with Crippen LogP contribution in [0.5, 0.6) is 5.75 Å². The Morgan fingerprint density at radius 2 is 2.16 bits per heavy atom. The van der Waals surface area contributed by atoms with Crippen molar-refractivity contribution in [3.8, 4) is 5.75 Å². The summed E-state index contributed by atoms with van der Waals surface area (Å²) in [6.45, 7) is 3.28. The van der Waals surface area contributed by atoms with Crippen molar-refractivity contribution in [3.63, 3.8) is 0 Å². The molecule has 1 N–H and O–H groups in total. The molecule has 0 saturated carbocycles. The van der Waals surface area contributed by atoms with Crippen LogP contribution in [0.25, 0.3) is 0 Å². The highest BCUT2D eigenvalue weighted by Crippen LogP contribution is 2.33. The molecule has 1 saturated heterocycles. The largest absolute Gasteiger partial charge is 0.489 e. The molecule has 19 heavy (non-hydrogen) atoms. The smallest absolute Gasteiger partial charge is 0.142 e. The van der Waals surface area contributed by atoms with Crippen LogP contribution in [0.1, 0.15) is 25.3 Å². The number of halogens is 2. The Kier molecular flexibility index (Phi) is 5.34. The number of hydrogen-bond acceptors (Lipinski definition) is 3. The van der Waals surface area contributed by atoms with E-state index in [2.05, 4.69) is 12.2 Å². The molecule has 2 unspecified atom stereocenters.